The Morgan fingerprint density at radius 2 is 1.96 bits per heavy atom. The minimum Gasteiger partial charge on any atom is -0.406 e. The third kappa shape index (κ3) is 3.38. The number of benzene rings is 1. The van der Waals surface area contributed by atoms with Gasteiger partial charge in [-0.15, -0.1) is 23.4 Å². The first kappa shape index (κ1) is 16.5. The molecule has 0 aliphatic rings. The summed E-state index contributed by atoms with van der Waals surface area (Å²) in [5.41, 5.74) is 2.41. The molecule has 0 aliphatic heterocycles. The molecular formula is C15H11F3N6OS. The molecule has 0 fully saturated rings. The maximum Gasteiger partial charge on any atom is 0.573 e. The Balaban J connectivity index is 1.56. The van der Waals surface area contributed by atoms with E-state index in [1.54, 1.807) is 16.6 Å². The van der Waals surface area contributed by atoms with E-state index in [1.165, 1.54) is 23.5 Å². The molecule has 0 saturated heterocycles. The first-order valence-electron chi connectivity index (χ1n) is 7.45. The zero-order chi connectivity index (χ0) is 18.3. The van der Waals surface area contributed by atoms with Gasteiger partial charge in [0.05, 0.1) is 0 Å². The highest BCUT2D eigenvalue weighted by molar-refractivity contribution is 7.19. The van der Waals surface area contributed by atoms with E-state index < -0.39 is 6.36 Å². The van der Waals surface area contributed by atoms with Crippen LogP contribution in [0.3, 0.4) is 0 Å². The molecule has 0 amide bonds. The normalized spacial score (nSPS) is 12.0. The third-order valence-electron chi connectivity index (χ3n) is 3.50. The van der Waals surface area contributed by atoms with Crippen LogP contribution < -0.4 is 4.74 Å². The lowest BCUT2D eigenvalue weighted by atomic mass is 10.1. The summed E-state index contributed by atoms with van der Waals surface area (Å²) < 4.78 is 42.1. The van der Waals surface area contributed by atoms with Crippen molar-refractivity contribution in [3.05, 3.63) is 47.4 Å². The van der Waals surface area contributed by atoms with Crippen molar-refractivity contribution in [2.24, 2.45) is 0 Å². The summed E-state index contributed by atoms with van der Waals surface area (Å²) in [6.07, 6.45) is -4.33. The van der Waals surface area contributed by atoms with Crippen molar-refractivity contribution in [3.8, 4) is 16.5 Å². The van der Waals surface area contributed by atoms with Crippen molar-refractivity contribution in [3.63, 3.8) is 0 Å². The zero-order valence-corrected chi connectivity index (χ0v) is 14.1. The van der Waals surface area contributed by atoms with Gasteiger partial charge in [-0.3, -0.25) is 5.10 Å². The highest BCUT2D eigenvalue weighted by Crippen LogP contribution is 2.26. The van der Waals surface area contributed by atoms with Gasteiger partial charge in [0, 0.05) is 12.1 Å². The zero-order valence-electron chi connectivity index (χ0n) is 13.3. The van der Waals surface area contributed by atoms with Gasteiger partial charge < -0.3 is 4.74 Å². The fraction of sp³-hybridized carbons (Fsp3) is 0.200. The standard InChI is InChI=1S/C15H11F3N6OS/c1-8-6-11(20-19-8)13-23-24-12(21-22-14(24)26-13)7-9-2-4-10(5-3-9)25-15(16,17)18/h2-6H,7H2,1H3,(H,19,20). The number of fused-ring (bicyclic) bond motifs is 1. The summed E-state index contributed by atoms with van der Waals surface area (Å²) in [5.74, 6) is 0.316. The maximum atomic E-state index is 12.2. The molecule has 134 valence electrons. The number of nitrogens with one attached hydrogen (secondary N) is 1. The molecule has 1 N–H and O–H groups in total. The van der Waals surface area contributed by atoms with E-state index in [0.717, 1.165) is 17.0 Å². The van der Waals surface area contributed by atoms with Gasteiger partial charge in [-0.2, -0.15) is 14.7 Å². The lowest BCUT2D eigenvalue weighted by molar-refractivity contribution is -0.274. The van der Waals surface area contributed by atoms with Crippen molar-refractivity contribution in [1.29, 1.82) is 0 Å². The van der Waals surface area contributed by atoms with E-state index in [-0.39, 0.29) is 5.75 Å². The molecule has 0 atom stereocenters. The fourth-order valence-electron chi connectivity index (χ4n) is 2.39. The summed E-state index contributed by atoms with van der Waals surface area (Å²) in [5, 5.41) is 20.4. The largest absolute Gasteiger partial charge is 0.573 e. The first-order valence-corrected chi connectivity index (χ1v) is 8.27. The minimum atomic E-state index is -4.71. The SMILES string of the molecule is Cc1cc(-c2nn3c(Cc4ccc(OC(F)(F)F)cc4)nnc3s2)n[nH]1. The van der Waals surface area contributed by atoms with Gasteiger partial charge in [0.2, 0.25) is 4.96 Å². The average Bonchev–Trinajstić information content (AvgIpc) is 3.25. The molecular weight excluding hydrogens is 369 g/mol. The Kier molecular flexibility index (Phi) is 3.87. The second kappa shape index (κ2) is 6.09. The smallest absolute Gasteiger partial charge is 0.406 e. The summed E-state index contributed by atoms with van der Waals surface area (Å²) >= 11 is 1.35. The van der Waals surface area contributed by atoms with Crippen molar-refractivity contribution in [1.82, 2.24) is 30.0 Å². The molecule has 0 spiro atoms. The summed E-state index contributed by atoms with van der Waals surface area (Å²) in [7, 11) is 0. The van der Waals surface area contributed by atoms with Crippen LogP contribution in [0, 0.1) is 6.92 Å². The Labute approximate surface area is 148 Å². The molecule has 3 aromatic heterocycles. The van der Waals surface area contributed by atoms with Crippen LogP contribution in [0.5, 0.6) is 5.75 Å². The maximum absolute atomic E-state index is 12.2. The van der Waals surface area contributed by atoms with Crippen LogP contribution in [0.1, 0.15) is 17.1 Å². The van der Waals surface area contributed by atoms with E-state index in [9.17, 15) is 13.2 Å². The number of nitrogens with zero attached hydrogens (tertiary/aromatic N) is 5. The molecule has 26 heavy (non-hydrogen) atoms. The summed E-state index contributed by atoms with van der Waals surface area (Å²) in [4.78, 5) is 0.618. The highest BCUT2D eigenvalue weighted by atomic mass is 32.1. The van der Waals surface area contributed by atoms with E-state index in [1.807, 2.05) is 13.0 Å². The summed E-state index contributed by atoms with van der Waals surface area (Å²) in [6, 6.07) is 7.50. The number of ether oxygens (including phenoxy) is 1. The number of H-pyrrole nitrogens is 1. The molecule has 0 aliphatic carbocycles. The number of aryl methyl sites for hydroxylation is 1. The number of hydrogen-bond acceptors (Lipinski definition) is 6. The summed E-state index contributed by atoms with van der Waals surface area (Å²) in [6.45, 7) is 1.90. The first-order chi connectivity index (χ1) is 12.4. The van der Waals surface area contributed by atoms with Crippen LogP contribution >= 0.6 is 11.3 Å². The molecule has 11 heteroatoms. The van der Waals surface area contributed by atoms with Crippen molar-refractivity contribution >= 4 is 16.3 Å². The fourth-order valence-corrected chi connectivity index (χ4v) is 3.21. The highest BCUT2D eigenvalue weighted by Gasteiger charge is 2.31. The Morgan fingerprint density at radius 1 is 1.19 bits per heavy atom. The number of alkyl halides is 3. The monoisotopic (exact) mass is 380 g/mol. The van der Waals surface area contributed by atoms with Gasteiger partial charge in [0.1, 0.15) is 11.4 Å². The number of hydrogen-bond donors (Lipinski definition) is 1. The number of aromatic nitrogens is 6. The molecule has 3 heterocycles. The van der Waals surface area contributed by atoms with Gasteiger partial charge in [-0.05, 0) is 30.7 Å². The third-order valence-corrected chi connectivity index (χ3v) is 4.42. The van der Waals surface area contributed by atoms with E-state index in [2.05, 4.69) is 30.2 Å². The minimum absolute atomic E-state index is 0.266. The molecule has 0 bridgehead atoms. The predicted octanol–water partition coefficient (Wildman–Crippen LogP) is 3.37. The topological polar surface area (TPSA) is 81.0 Å². The van der Waals surface area contributed by atoms with Crippen LogP contribution in [0.25, 0.3) is 15.7 Å². The van der Waals surface area contributed by atoms with Crippen LogP contribution in [-0.2, 0) is 6.42 Å². The molecule has 0 saturated carbocycles. The van der Waals surface area contributed by atoms with Gasteiger partial charge >= 0.3 is 6.36 Å². The van der Waals surface area contributed by atoms with Crippen molar-refractivity contribution < 1.29 is 17.9 Å². The second-order valence-corrected chi connectivity index (χ2v) is 6.48. The Bertz CT molecular complexity index is 1050. The van der Waals surface area contributed by atoms with Crippen molar-refractivity contribution in [2.45, 2.75) is 19.7 Å². The quantitative estimate of drug-likeness (QED) is 0.587. The van der Waals surface area contributed by atoms with Gasteiger partial charge in [0.25, 0.3) is 0 Å². The lowest BCUT2D eigenvalue weighted by Gasteiger charge is -2.08. The van der Waals surface area contributed by atoms with Gasteiger partial charge in [-0.1, -0.05) is 23.5 Å². The van der Waals surface area contributed by atoms with Gasteiger partial charge in [-0.25, -0.2) is 0 Å². The van der Waals surface area contributed by atoms with E-state index in [0.29, 0.717) is 22.2 Å². The Hall–Kier alpha value is -2.95. The number of rotatable bonds is 4. The second-order valence-electron chi connectivity index (χ2n) is 5.52. The molecule has 0 unspecified atom stereocenters. The van der Waals surface area contributed by atoms with Gasteiger partial charge in [0.15, 0.2) is 10.8 Å². The van der Waals surface area contributed by atoms with Crippen LogP contribution in [0.2, 0.25) is 0 Å². The molecule has 1 aromatic carbocycles. The van der Waals surface area contributed by atoms with Crippen LogP contribution in [-0.4, -0.2) is 36.4 Å². The molecule has 4 rings (SSSR count). The predicted molar refractivity (Wildman–Crippen MR) is 86.9 cm³/mol. The number of aromatic amines is 1. The van der Waals surface area contributed by atoms with E-state index >= 15 is 0 Å². The van der Waals surface area contributed by atoms with E-state index in [4.69, 9.17) is 0 Å². The lowest BCUT2D eigenvalue weighted by Crippen LogP contribution is -2.17. The van der Waals surface area contributed by atoms with Crippen LogP contribution in [0.4, 0.5) is 13.2 Å². The molecule has 0 radical (unpaired) electrons. The molecule has 4 aromatic rings. The Morgan fingerprint density at radius 3 is 2.62 bits per heavy atom. The van der Waals surface area contributed by atoms with Crippen molar-refractivity contribution in [2.75, 3.05) is 0 Å². The van der Waals surface area contributed by atoms with Crippen LogP contribution in [0.15, 0.2) is 30.3 Å². The number of halogens is 3. The average molecular weight is 380 g/mol. The molecule has 7 nitrogen and oxygen atoms in total.